The minimum atomic E-state index is -0.344. The first-order chi connectivity index (χ1) is 11.7. The number of hydrogen-bond acceptors (Lipinski definition) is 4. The molecule has 1 heterocycles. The monoisotopic (exact) mass is 323 g/mol. The molecule has 0 spiro atoms. The molecule has 3 aromatic rings. The van der Waals surface area contributed by atoms with Crippen molar-refractivity contribution in [2.75, 3.05) is 13.7 Å². The molecule has 0 unspecified atom stereocenters. The predicted molar refractivity (Wildman–Crippen MR) is 95.6 cm³/mol. The molecule has 0 amide bonds. The van der Waals surface area contributed by atoms with E-state index < -0.39 is 0 Å². The van der Waals surface area contributed by atoms with Crippen molar-refractivity contribution in [3.05, 3.63) is 76.1 Å². The van der Waals surface area contributed by atoms with Crippen molar-refractivity contribution in [2.45, 2.75) is 19.4 Å². The zero-order chi connectivity index (χ0) is 16.9. The number of ether oxygens (including phenoxy) is 1. The first-order valence-electron chi connectivity index (χ1n) is 8.04. The topological polar surface area (TPSA) is 51.5 Å². The smallest absolute Gasteiger partial charge is 0.336 e. The van der Waals surface area contributed by atoms with Gasteiger partial charge in [-0.05, 0) is 29.2 Å². The highest BCUT2D eigenvalue weighted by molar-refractivity contribution is 5.81. The van der Waals surface area contributed by atoms with E-state index in [-0.39, 0.29) is 5.63 Å². The van der Waals surface area contributed by atoms with Gasteiger partial charge in [-0.25, -0.2) is 4.79 Å². The zero-order valence-electron chi connectivity index (χ0n) is 13.9. The summed E-state index contributed by atoms with van der Waals surface area (Å²) >= 11 is 0. The Bertz CT molecular complexity index is 871. The molecule has 0 aliphatic carbocycles. The molecule has 0 aliphatic rings. The van der Waals surface area contributed by atoms with Crippen molar-refractivity contribution in [1.29, 1.82) is 0 Å². The third-order valence-electron chi connectivity index (χ3n) is 4.17. The maximum absolute atomic E-state index is 11.8. The van der Waals surface area contributed by atoms with Crippen LogP contribution in [-0.4, -0.2) is 13.7 Å². The average molecular weight is 323 g/mol. The van der Waals surface area contributed by atoms with Crippen LogP contribution in [0, 0.1) is 0 Å². The molecule has 1 aromatic heterocycles. The normalized spacial score (nSPS) is 12.2. The summed E-state index contributed by atoms with van der Waals surface area (Å²) in [7, 11) is 1.59. The van der Waals surface area contributed by atoms with E-state index in [0.29, 0.717) is 23.8 Å². The van der Waals surface area contributed by atoms with Crippen molar-refractivity contribution in [1.82, 2.24) is 5.32 Å². The second kappa shape index (κ2) is 7.32. The number of nitrogens with one attached hydrogen (secondary N) is 1. The summed E-state index contributed by atoms with van der Waals surface area (Å²) in [6.07, 6.45) is 0. The van der Waals surface area contributed by atoms with Gasteiger partial charge in [-0.15, -0.1) is 0 Å². The largest absolute Gasteiger partial charge is 0.497 e. The Kier molecular flexibility index (Phi) is 4.96. The molecular weight excluding hydrogens is 302 g/mol. The van der Waals surface area contributed by atoms with Crippen molar-refractivity contribution in [2.24, 2.45) is 0 Å². The third-order valence-corrected chi connectivity index (χ3v) is 4.17. The van der Waals surface area contributed by atoms with Gasteiger partial charge in [-0.1, -0.05) is 37.3 Å². The summed E-state index contributed by atoms with van der Waals surface area (Å²) < 4.78 is 10.5. The van der Waals surface area contributed by atoms with Gasteiger partial charge < -0.3 is 14.5 Å². The van der Waals surface area contributed by atoms with E-state index in [1.165, 1.54) is 5.56 Å². The molecule has 0 radical (unpaired) electrons. The van der Waals surface area contributed by atoms with Gasteiger partial charge >= 0.3 is 5.63 Å². The van der Waals surface area contributed by atoms with Gasteiger partial charge in [0.05, 0.1) is 7.11 Å². The Labute approximate surface area is 141 Å². The molecule has 0 saturated heterocycles. The Morgan fingerprint density at radius 1 is 1.12 bits per heavy atom. The number of fused-ring (bicyclic) bond motifs is 1. The lowest BCUT2D eigenvalue weighted by molar-refractivity contribution is 0.414. The first kappa shape index (κ1) is 16.3. The number of benzene rings is 2. The number of methoxy groups -OCH3 is 1. The maximum atomic E-state index is 11.8. The Morgan fingerprint density at radius 3 is 2.67 bits per heavy atom. The van der Waals surface area contributed by atoms with E-state index in [4.69, 9.17) is 9.15 Å². The van der Waals surface area contributed by atoms with Gasteiger partial charge in [0.1, 0.15) is 11.3 Å². The van der Waals surface area contributed by atoms with Crippen LogP contribution in [0.4, 0.5) is 0 Å². The van der Waals surface area contributed by atoms with E-state index in [2.05, 4.69) is 36.5 Å². The van der Waals surface area contributed by atoms with E-state index >= 15 is 0 Å². The SMILES string of the molecule is COc1ccc2c(CNC[C@@H](C)c3ccccc3)cc(=O)oc2c1. The molecule has 1 atom stereocenters. The van der Waals surface area contributed by atoms with E-state index in [9.17, 15) is 4.79 Å². The highest BCUT2D eigenvalue weighted by Gasteiger charge is 2.08. The fourth-order valence-electron chi connectivity index (χ4n) is 2.81. The molecule has 0 saturated carbocycles. The molecule has 4 nitrogen and oxygen atoms in total. The van der Waals surface area contributed by atoms with Crippen molar-refractivity contribution in [3.8, 4) is 5.75 Å². The molecule has 24 heavy (non-hydrogen) atoms. The summed E-state index contributed by atoms with van der Waals surface area (Å²) in [6, 6.07) is 17.5. The van der Waals surface area contributed by atoms with Crippen LogP contribution in [0.25, 0.3) is 11.0 Å². The molecule has 4 heteroatoms. The lowest BCUT2D eigenvalue weighted by Crippen LogP contribution is -2.20. The van der Waals surface area contributed by atoms with Crippen LogP contribution in [-0.2, 0) is 6.54 Å². The van der Waals surface area contributed by atoms with Crippen LogP contribution in [0.1, 0.15) is 24.0 Å². The van der Waals surface area contributed by atoms with Gasteiger partial charge in [0.2, 0.25) is 0 Å². The Morgan fingerprint density at radius 2 is 1.92 bits per heavy atom. The lowest BCUT2D eigenvalue weighted by atomic mass is 10.0. The standard InChI is InChI=1S/C20H21NO3/c1-14(15-6-4-3-5-7-15)12-21-13-16-10-20(22)24-19-11-17(23-2)8-9-18(16)19/h3-11,14,21H,12-13H2,1-2H3/t14-/m1/s1. The summed E-state index contributed by atoms with van der Waals surface area (Å²) in [5, 5.41) is 4.36. The van der Waals surface area contributed by atoms with Gasteiger partial charge in [0.15, 0.2) is 0 Å². The van der Waals surface area contributed by atoms with Gasteiger partial charge in [-0.2, -0.15) is 0 Å². The molecule has 0 aliphatic heterocycles. The summed E-state index contributed by atoms with van der Waals surface area (Å²) in [5.41, 5.74) is 2.44. The third kappa shape index (κ3) is 3.66. The van der Waals surface area contributed by atoms with Gasteiger partial charge in [0.25, 0.3) is 0 Å². The second-order valence-corrected chi connectivity index (χ2v) is 5.90. The number of rotatable bonds is 6. The minimum absolute atomic E-state index is 0.344. The lowest BCUT2D eigenvalue weighted by Gasteiger charge is -2.13. The molecule has 124 valence electrons. The fourth-order valence-corrected chi connectivity index (χ4v) is 2.81. The molecule has 0 bridgehead atoms. The van der Waals surface area contributed by atoms with Crippen LogP contribution in [0.2, 0.25) is 0 Å². The van der Waals surface area contributed by atoms with Crippen molar-refractivity contribution in [3.63, 3.8) is 0 Å². The highest BCUT2D eigenvalue weighted by Crippen LogP contribution is 2.22. The van der Waals surface area contributed by atoms with E-state index in [1.54, 1.807) is 19.2 Å². The maximum Gasteiger partial charge on any atom is 0.336 e. The highest BCUT2D eigenvalue weighted by atomic mass is 16.5. The molecule has 0 fully saturated rings. The van der Waals surface area contributed by atoms with Crippen LogP contribution in [0.3, 0.4) is 0 Å². The predicted octanol–water partition coefficient (Wildman–Crippen LogP) is 3.69. The summed E-state index contributed by atoms with van der Waals surface area (Å²) in [6.45, 7) is 3.64. The van der Waals surface area contributed by atoms with Crippen molar-refractivity contribution >= 4 is 11.0 Å². The van der Waals surface area contributed by atoms with Crippen LogP contribution >= 0.6 is 0 Å². The fraction of sp³-hybridized carbons (Fsp3) is 0.250. The average Bonchev–Trinajstić information content (AvgIpc) is 2.61. The van der Waals surface area contributed by atoms with E-state index in [0.717, 1.165) is 17.5 Å². The van der Waals surface area contributed by atoms with Crippen LogP contribution in [0.5, 0.6) is 5.75 Å². The summed E-state index contributed by atoms with van der Waals surface area (Å²) in [4.78, 5) is 11.8. The first-order valence-corrected chi connectivity index (χ1v) is 8.04. The second-order valence-electron chi connectivity index (χ2n) is 5.90. The summed E-state index contributed by atoms with van der Waals surface area (Å²) in [5.74, 6) is 1.08. The number of hydrogen-bond donors (Lipinski definition) is 1. The molecular formula is C20H21NO3. The zero-order valence-corrected chi connectivity index (χ0v) is 13.9. The van der Waals surface area contributed by atoms with E-state index in [1.807, 2.05) is 18.2 Å². The van der Waals surface area contributed by atoms with Crippen LogP contribution < -0.4 is 15.7 Å². The molecule has 3 rings (SSSR count). The van der Waals surface area contributed by atoms with Gasteiger partial charge in [-0.3, -0.25) is 0 Å². The van der Waals surface area contributed by atoms with Gasteiger partial charge in [0, 0.05) is 30.6 Å². The quantitative estimate of drug-likeness (QED) is 0.703. The Balaban J connectivity index is 1.74. The minimum Gasteiger partial charge on any atom is -0.497 e. The molecule has 1 N–H and O–H groups in total. The van der Waals surface area contributed by atoms with Crippen LogP contribution in [0.15, 0.2) is 63.8 Å². The Hall–Kier alpha value is -2.59. The molecule has 2 aromatic carbocycles. The van der Waals surface area contributed by atoms with Crippen molar-refractivity contribution < 1.29 is 9.15 Å².